The molecule has 5 nitrogen and oxygen atoms in total. The third-order valence-electron chi connectivity index (χ3n) is 7.28. The average molecular weight is 519 g/mol. The molecule has 1 aliphatic carbocycles. The van der Waals surface area contributed by atoms with Crippen LogP contribution in [0.25, 0.3) is 11.3 Å². The molecule has 0 unspecified atom stereocenters. The lowest BCUT2D eigenvalue weighted by atomic mass is 9.83. The molecule has 1 atom stereocenters. The monoisotopic (exact) mass is 518 g/mol. The Morgan fingerprint density at radius 1 is 1.00 bits per heavy atom. The molecule has 1 aliphatic heterocycles. The number of amides is 1. The highest BCUT2D eigenvalue weighted by molar-refractivity contribution is 6.30. The highest BCUT2D eigenvalue weighted by Crippen LogP contribution is 2.35. The number of carbonyl (C=O) groups excluding carboxylic acids is 1. The number of aryl methyl sites for hydroxylation is 1. The predicted molar refractivity (Wildman–Crippen MR) is 140 cm³/mol. The second-order valence-corrected chi connectivity index (χ2v) is 10.0. The first-order valence-corrected chi connectivity index (χ1v) is 12.8. The van der Waals surface area contributed by atoms with Gasteiger partial charge in [-0.25, -0.2) is 13.8 Å². The fraction of sp³-hybridized carbons (Fsp3) is 0.241. The number of rotatable bonds is 4. The number of fused-ring (bicyclic) bond motifs is 2. The SMILES string of the molecule is O=C([C@@H]1CCc2ccccc2C1)N1CCn2c(nc(-c3ccc(F)cc3)c2Nc2ccc(Cl)c(F)c2)C1. The molecule has 0 spiro atoms. The van der Waals surface area contributed by atoms with Gasteiger partial charge in [-0.15, -0.1) is 0 Å². The van der Waals surface area contributed by atoms with E-state index < -0.39 is 5.82 Å². The zero-order valence-electron chi connectivity index (χ0n) is 20.1. The van der Waals surface area contributed by atoms with Gasteiger partial charge in [0.25, 0.3) is 0 Å². The minimum Gasteiger partial charge on any atom is -0.340 e. The van der Waals surface area contributed by atoms with Crippen molar-refractivity contribution in [3.63, 3.8) is 0 Å². The zero-order chi connectivity index (χ0) is 25.5. The maximum Gasteiger partial charge on any atom is 0.226 e. The molecule has 6 rings (SSSR count). The summed E-state index contributed by atoms with van der Waals surface area (Å²) in [7, 11) is 0. The Kier molecular flexibility index (Phi) is 6.16. The van der Waals surface area contributed by atoms with Crippen LogP contribution in [-0.4, -0.2) is 26.9 Å². The van der Waals surface area contributed by atoms with Crippen LogP contribution < -0.4 is 5.32 Å². The van der Waals surface area contributed by atoms with E-state index in [1.807, 2.05) is 21.6 Å². The average Bonchev–Trinajstić information content (AvgIpc) is 3.27. The molecule has 2 aliphatic rings. The number of hydrogen-bond acceptors (Lipinski definition) is 3. The first kappa shape index (κ1) is 23.7. The molecule has 1 aromatic heterocycles. The summed E-state index contributed by atoms with van der Waals surface area (Å²) in [5, 5.41) is 3.33. The number of halogens is 3. The van der Waals surface area contributed by atoms with Crippen molar-refractivity contribution in [2.45, 2.75) is 32.4 Å². The van der Waals surface area contributed by atoms with E-state index in [9.17, 15) is 13.6 Å². The van der Waals surface area contributed by atoms with Crippen molar-refractivity contribution in [3.05, 3.63) is 100 Å². The van der Waals surface area contributed by atoms with Crippen LogP contribution >= 0.6 is 11.6 Å². The van der Waals surface area contributed by atoms with Gasteiger partial charge in [-0.1, -0.05) is 35.9 Å². The Labute approximate surface area is 218 Å². The summed E-state index contributed by atoms with van der Waals surface area (Å²) in [5.41, 5.74) is 4.45. The first-order chi connectivity index (χ1) is 18.0. The van der Waals surface area contributed by atoms with E-state index in [2.05, 4.69) is 17.4 Å². The Bertz CT molecular complexity index is 1480. The van der Waals surface area contributed by atoms with Gasteiger partial charge in [0, 0.05) is 30.3 Å². The summed E-state index contributed by atoms with van der Waals surface area (Å²) in [4.78, 5) is 20.3. The van der Waals surface area contributed by atoms with Gasteiger partial charge in [-0.2, -0.15) is 0 Å². The summed E-state index contributed by atoms with van der Waals surface area (Å²) < 4.78 is 29.8. The van der Waals surface area contributed by atoms with Gasteiger partial charge in [0.2, 0.25) is 5.91 Å². The summed E-state index contributed by atoms with van der Waals surface area (Å²) >= 11 is 5.86. The number of carbonyl (C=O) groups is 1. The molecule has 0 radical (unpaired) electrons. The molecule has 188 valence electrons. The van der Waals surface area contributed by atoms with Gasteiger partial charge < -0.3 is 14.8 Å². The molecule has 1 N–H and O–H groups in total. The Morgan fingerprint density at radius 2 is 1.78 bits per heavy atom. The summed E-state index contributed by atoms with van der Waals surface area (Å²) in [5.74, 6) is 0.644. The molecule has 0 saturated heterocycles. The van der Waals surface area contributed by atoms with E-state index in [0.717, 1.165) is 30.7 Å². The number of hydrogen-bond donors (Lipinski definition) is 1. The summed E-state index contributed by atoms with van der Waals surface area (Å²) in [6.45, 7) is 1.46. The number of aromatic nitrogens is 2. The maximum absolute atomic E-state index is 14.1. The van der Waals surface area contributed by atoms with E-state index >= 15 is 0 Å². The second kappa shape index (κ2) is 9.63. The van der Waals surface area contributed by atoms with Gasteiger partial charge in [-0.05, 0) is 72.9 Å². The summed E-state index contributed by atoms with van der Waals surface area (Å²) in [6, 6.07) is 19.0. The molecule has 3 aromatic carbocycles. The Morgan fingerprint density at radius 3 is 2.57 bits per heavy atom. The molecular weight excluding hydrogens is 494 g/mol. The van der Waals surface area contributed by atoms with Crippen LogP contribution in [-0.2, 0) is 30.7 Å². The number of benzene rings is 3. The van der Waals surface area contributed by atoms with Crippen molar-refractivity contribution >= 4 is 29.0 Å². The number of nitrogens with zero attached hydrogens (tertiary/aromatic N) is 3. The van der Waals surface area contributed by atoms with Crippen LogP contribution in [0.5, 0.6) is 0 Å². The van der Waals surface area contributed by atoms with Crippen molar-refractivity contribution in [1.29, 1.82) is 0 Å². The maximum atomic E-state index is 14.1. The van der Waals surface area contributed by atoms with E-state index in [-0.39, 0.29) is 22.7 Å². The van der Waals surface area contributed by atoms with Crippen LogP contribution in [0.2, 0.25) is 5.02 Å². The molecule has 8 heteroatoms. The van der Waals surface area contributed by atoms with Gasteiger partial charge in [0.05, 0.1) is 11.6 Å². The summed E-state index contributed by atoms with van der Waals surface area (Å²) in [6.07, 6.45) is 2.52. The van der Waals surface area contributed by atoms with Crippen LogP contribution in [0.4, 0.5) is 20.3 Å². The quantitative estimate of drug-likeness (QED) is 0.341. The molecule has 0 saturated carbocycles. The largest absolute Gasteiger partial charge is 0.340 e. The third-order valence-corrected chi connectivity index (χ3v) is 7.59. The van der Waals surface area contributed by atoms with Crippen LogP contribution in [0, 0.1) is 17.6 Å². The first-order valence-electron chi connectivity index (χ1n) is 12.4. The molecular formula is C29H25ClF2N4O. The minimum absolute atomic E-state index is 0.0392. The lowest BCUT2D eigenvalue weighted by Crippen LogP contribution is -2.43. The van der Waals surface area contributed by atoms with Crippen molar-refractivity contribution < 1.29 is 13.6 Å². The van der Waals surface area contributed by atoms with Crippen LogP contribution in [0.3, 0.4) is 0 Å². The molecule has 4 aromatic rings. The van der Waals surface area contributed by atoms with E-state index in [4.69, 9.17) is 16.6 Å². The van der Waals surface area contributed by atoms with Crippen molar-refractivity contribution in [1.82, 2.24) is 14.5 Å². The van der Waals surface area contributed by atoms with Gasteiger partial charge in [-0.3, -0.25) is 4.79 Å². The van der Waals surface area contributed by atoms with Crippen molar-refractivity contribution in [2.75, 3.05) is 11.9 Å². The standard InChI is InChI=1S/C29H25ClF2N4O/c30-24-12-11-23(16-25(24)32)33-28-27(19-7-9-22(31)10-8-19)34-26-17-35(13-14-36(26)28)29(37)21-6-5-18-3-1-2-4-20(18)15-21/h1-4,7-12,16,21,33H,5-6,13-15,17H2/t21-/m1/s1. The fourth-order valence-corrected chi connectivity index (χ4v) is 5.45. The Hall–Kier alpha value is -3.71. The van der Waals surface area contributed by atoms with E-state index in [1.54, 1.807) is 18.2 Å². The highest BCUT2D eigenvalue weighted by atomic mass is 35.5. The van der Waals surface area contributed by atoms with Crippen LogP contribution in [0.15, 0.2) is 66.7 Å². The normalized spacial score (nSPS) is 16.7. The molecule has 0 fully saturated rings. The Balaban J connectivity index is 1.30. The number of anilines is 2. The number of nitrogens with one attached hydrogen (secondary N) is 1. The molecule has 2 heterocycles. The van der Waals surface area contributed by atoms with Crippen molar-refractivity contribution in [3.8, 4) is 11.3 Å². The highest BCUT2D eigenvalue weighted by Gasteiger charge is 2.32. The zero-order valence-corrected chi connectivity index (χ0v) is 20.8. The van der Waals surface area contributed by atoms with Crippen molar-refractivity contribution in [2.24, 2.45) is 5.92 Å². The number of imidazole rings is 1. The molecule has 37 heavy (non-hydrogen) atoms. The second-order valence-electron chi connectivity index (χ2n) is 9.61. The van der Waals surface area contributed by atoms with E-state index in [0.29, 0.717) is 36.8 Å². The predicted octanol–water partition coefficient (Wildman–Crippen LogP) is 6.37. The molecule has 0 bridgehead atoms. The van der Waals surface area contributed by atoms with Crippen LogP contribution in [0.1, 0.15) is 23.4 Å². The topological polar surface area (TPSA) is 50.2 Å². The van der Waals surface area contributed by atoms with Gasteiger partial charge >= 0.3 is 0 Å². The minimum atomic E-state index is -0.529. The smallest absolute Gasteiger partial charge is 0.226 e. The van der Waals surface area contributed by atoms with E-state index in [1.165, 1.54) is 35.4 Å². The van der Waals surface area contributed by atoms with Gasteiger partial charge in [0.1, 0.15) is 29.0 Å². The fourth-order valence-electron chi connectivity index (χ4n) is 5.33. The molecule has 1 amide bonds. The lowest BCUT2D eigenvalue weighted by molar-refractivity contribution is -0.137. The third kappa shape index (κ3) is 4.60. The van der Waals surface area contributed by atoms with Gasteiger partial charge in [0.15, 0.2) is 0 Å². The lowest BCUT2D eigenvalue weighted by Gasteiger charge is -2.33.